The third-order valence-electron chi connectivity index (χ3n) is 8.29. The quantitative estimate of drug-likeness (QED) is 0.401. The largest absolute Gasteiger partial charge is 0.573 e. The number of carbonyl (C=O) groups excluding carboxylic acids is 1. The number of nitrogens with one attached hydrogen (secondary N) is 2. The molecule has 4 atom stereocenters. The van der Waals surface area contributed by atoms with Crippen molar-refractivity contribution >= 4 is 11.7 Å². The Morgan fingerprint density at radius 2 is 1.84 bits per heavy atom. The van der Waals surface area contributed by atoms with Gasteiger partial charge in [0.1, 0.15) is 17.3 Å². The lowest BCUT2D eigenvalue weighted by molar-refractivity contribution is -0.274. The molecule has 2 N–H and O–H groups in total. The highest BCUT2D eigenvalue weighted by Crippen LogP contribution is 2.33. The van der Waals surface area contributed by atoms with Crippen LogP contribution in [0.2, 0.25) is 0 Å². The fraction of sp³-hybridized carbons (Fsp3) is 0.633. The maximum absolute atomic E-state index is 13.4. The number of benzene rings is 1. The number of carbonyl (C=O) groups is 1. The highest BCUT2D eigenvalue weighted by Gasteiger charge is 2.32. The number of nitrogens with zero attached hydrogens (tertiary/aromatic N) is 3. The molecule has 4 heterocycles. The fourth-order valence-electron chi connectivity index (χ4n) is 5.96. The summed E-state index contributed by atoms with van der Waals surface area (Å²) in [7, 11) is 3.16. The van der Waals surface area contributed by atoms with Gasteiger partial charge < -0.3 is 39.2 Å². The zero-order valence-corrected chi connectivity index (χ0v) is 25.0. The molecule has 1 amide bonds. The summed E-state index contributed by atoms with van der Waals surface area (Å²) in [6.45, 7) is 2.93. The molecule has 0 aliphatic carbocycles. The van der Waals surface area contributed by atoms with Crippen LogP contribution in [0.15, 0.2) is 30.3 Å². The van der Waals surface area contributed by atoms with Crippen molar-refractivity contribution in [1.82, 2.24) is 20.2 Å². The van der Waals surface area contributed by atoms with Crippen LogP contribution in [0.25, 0.3) is 0 Å². The predicted molar refractivity (Wildman–Crippen MR) is 154 cm³/mol. The second-order valence-corrected chi connectivity index (χ2v) is 11.3. The maximum Gasteiger partial charge on any atom is 0.573 e. The Labute approximate surface area is 254 Å². The topological polar surface area (TPSA) is 116 Å². The third-order valence-corrected chi connectivity index (χ3v) is 8.29. The second-order valence-electron chi connectivity index (χ2n) is 11.3. The van der Waals surface area contributed by atoms with Crippen molar-refractivity contribution in [1.29, 1.82) is 0 Å². The molecule has 2 aromatic rings. The van der Waals surface area contributed by atoms with Crippen LogP contribution in [0.4, 0.5) is 19.0 Å². The smallest absolute Gasteiger partial charge is 0.467 e. The normalized spacial score (nSPS) is 25.0. The van der Waals surface area contributed by atoms with Crippen LogP contribution in [-0.2, 0) is 14.2 Å². The minimum absolute atomic E-state index is 0.0287. The number of aromatic nitrogens is 2. The number of piperidine rings is 1. The number of rotatable bonds is 10. The van der Waals surface area contributed by atoms with Gasteiger partial charge in [-0.15, -0.1) is 13.2 Å². The van der Waals surface area contributed by atoms with E-state index in [1.165, 1.54) is 19.2 Å². The van der Waals surface area contributed by atoms with Crippen LogP contribution in [0.5, 0.6) is 11.8 Å². The molecular weight excluding hydrogens is 583 g/mol. The Balaban J connectivity index is 1.14. The number of alkyl halides is 3. The average molecular weight is 624 g/mol. The van der Waals surface area contributed by atoms with E-state index in [4.69, 9.17) is 18.9 Å². The molecule has 0 saturated carbocycles. The number of halogens is 3. The van der Waals surface area contributed by atoms with Gasteiger partial charge in [0.2, 0.25) is 0 Å². The lowest BCUT2D eigenvalue weighted by atomic mass is 9.98. The number of likely N-dealkylation sites (tertiary alicyclic amines) is 1. The van der Waals surface area contributed by atoms with Gasteiger partial charge >= 0.3 is 12.4 Å². The van der Waals surface area contributed by atoms with Gasteiger partial charge in [-0.2, -0.15) is 9.97 Å². The molecule has 3 aliphatic rings. The van der Waals surface area contributed by atoms with Crippen molar-refractivity contribution in [2.45, 2.75) is 75.3 Å². The Morgan fingerprint density at radius 1 is 1.07 bits per heavy atom. The van der Waals surface area contributed by atoms with E-state index < -0.39 is 6.36 Å². The number of ether oxygens (including phenoxy) is 5. The van der Waals surface area contributed by atoms with Gasteiger partial charge in [-0.1, -0.05) is 12.1 Å². The van der Waals surface area contributed by atoms with Gasteiger partial charge in [0, 0.05) is 51.5 Å². The van der Waals surface area contributed by atoms with E-state index in [0.29, 0.717) is 44.7 Å². The summed E-state index contributed by atoms with van der Waals surface area (Å²) >= 11 is 0. The molecule has 4 unspecified atom stereocenters. The Bertz CT molecular complexity index is 1230. The molecule has 0 bridgehead atoms. The zero-order valence-electron chi connectivity index (χ0n) is 25.0. The first-order valence-corrected chi connectivity index (χ1v) is 15.0. The molecule has 0 spiro atoms. The van der Waals surface area contributed by atoms with Crippen molar-refractivity contribution < 1.29 is 41.7 Å². The summed E-state index contributed by atoms with van der Waals surface area (Å²) in [5.41, 5.74) is 1.03. The van der Waals surface area contributed by atoms with Crippen molar-refractivity contribution in [3.8, 4) is 11.8 Å². The first kappa shape index (κ1) is 32.2. The maximum atomic E-state index is 13.4. The molecule has 242 valence electrons. The van der Waals surface area contributed by atoms with Gasteiger partial charge in [-0.3, -0.25) is 4.79 Å². The van der Waals surface area contributed by atoms with Gasteiger partial charge in [-0.25, -0.2) is 0 Å². The third kappa shape index (κ3) is 8.71. The van der Waals surface area contributed by atoms with Crippen LogP contribution in [0.1, 0.15) is 60.7 Å². The van der Waals surface area contributed by atoms with Crippen LogP contribution in [0, 0.1) is 0 Å². The summed E-state index contributed by atoms with van der Waals surface area (Å²) in [6.07, 6.45) is -0.136. The lowest BCUT2D eigenvalue weighted by Gasteiger charge is -2.38. The Kier molecular flexibility index (Phi) is 10.8. The highest BCUT2D eigenvalue weighted by atomic mass is 19.4. The summed E-state index contributed by atoms with van der Waals surface area (Å²) in [5, 5.41) is 6.95. The minimum atomic E-state index is -4.73. The molecular formula is C30H40F3N5O6. The van der Waals surface area contributed by atoms with Crippen molar-refractivity contribution in [3.63, 3.8) is 0 Å². The summed E-state index contributed by atoms with van der Waals surface area (Å²) in [6, 6.07) is 8.02. The van der Waals surface area contributed by atoms with Gasteiger partial charge in [-0.05, 0) is 56.2 Å². The van der Waals surface area contributed by atoms with E-state index >= 15 is 0 Å². The van der Waals surface area contributed by atoms with Crippen molar-refractivity contribution in [2.24, 2.45) is 0 Å². The molecule has 0 radical (unpaired) electrons. The van der Waals surface area contributed by atoms with Crippen molar-refractivity contribution in [2.75, 3.05) is 52.4 Å². The van der Waals surface area contributed by atoms with Crippen molar-refractivity contribution in [3.05, 3.63) is 41.6 Å². The molecule has 1 aromatic heterocycles. The zero-order chi connectivity index (χ0) is 31.1. The fourth-order valence-corrected chi connectivity index (χ4v) is 5.96. The molecule has 3 saturated heterocycles. The van der Waals surface area contributed by atoms with E-state index in [1.807, 2.05) is 0 Å². The lowest BCUT2D eigenvalue weighted by Crippen LogP contribution is -2.54. The van der Waals surface area contributed by atoms with Crippen LogP contribution < -0.4 is 20.1 Å². The standard InChI is InChI=1S/C30H40F3N5O6/c1-40-26-18-42-15-12-23(26)35-20-10-13-38(14-11-20)28(39)24-16-27(37-29(36-24)41-2)34-17-22-4-3-5-25(43-22)19-6-8-21(9-7-19)44-30(31,32)33/h6-9,16,20,22-23,25-26,35H,3-5,10-15,17-18H2,1-2H3,(H,34,36,37). The molecule has 3 aliphatic heterocycles. The van der Waals surface area contributed by atoms with E-state index in [9.17, 15) is 18.0 Å². The number of amides is 1. The van der Waals surface area contributed by atoms with Crippen LogP contribution in [-0.4, -0.2) is 98.5 Å². The minimum Gasteiger partial charge on any atom is -0.467 e. The first-order chi connectivity index (χ1) is 21.2. The second kappa shape index (κ2) is 14.7. The molecule has 3 fully saturated rings. The summed E-state index contributed by atoms with van der Waals surface area (Å²) < 4.78 is 64.1. The summed E-state index contributed by atoms with van der Waals surface area (Å²) in [4.78, 5) is 23.9. The van der Waals surface area contributed by atoms with Crippen LogP contribution >= 0.6 is 0 Å². The first-order valence-electron chi connectivity index (χ1n) is 15.0. The molecule has 44 heavy (non-hydrogen) atoms. The summed E-state index contributed by atoms with van der Waals surface area (Å²) in [5.74, 6) is -0.00390. The monoisotopic (exact) mass is 623 g/mol. The predicted octanol–water partition coefficient (Wildman–Crippen LogP) is 4.10. The van der Waals surface area contributed by atoms with E-state index in [-0.39, 0.29) is 47.7 Å². The average Bonchev–Trinajstić information content (AvgIpc) is 3.03. The highest BCUT2D eigenvalue weighted by molar-refractivity contribution is 5.93. The molecule has 5 rings (SSSR count). The Hall–Kier alpha value is -3.20. The van der Waals surface area contributed by atoms with Gasteiger partial charge in [0.05, 0.1) is 32.0 Å². The number of methoxy groups -OCH3 is 2. The van der Waals surface area contributed by atoms with Crippen LogP contribution in [0.3, 0.4) is 0 Å². The number of hydrogen-bond acceptors (Lipinski definition) is 10. The number of hydrogen-bond donors (Lipinski definition) is 2. The van der Waals surface area contributed by atoms with Gasteiger partial charge in [0.25, 0.3) is 5.91 Å². The van der Waals surface area contributed by atoms with E-state index in [2.05, 4.69) is 25.3 Å². The van der Waals surface area contributed by atoms with Gasteiger partial charge in [0.15, 0.2) is 0 Å². The number of anilines is 1. The molecule has 14 heteroatoms. The molecule has 1 aromatic carbocycles. The molecule has 11 nitrogen and oxygen atoms in total. The van der Waals surface area contributed by atoms with E-state index in [0.717, 1.165) is 44.1 Å². The Morgan fingerprint density at radius 3 is 2.55 bits per heavy atom. The van der Waals surface area contributed by atoms with E-state index in [1.54, 1.807) is 30.2 Å². The SMILES string of the molecule is COc1nc(NCC2CCCC(c3ccc(OC(F)(F)F)cc3)O2)cc(C(=O)N2CCC(NC3CCOCC3OC)CC2)n1.